The molecule has 0 spiro atoms. The van der Waals surface area contributed by atoms with Crippen molar-refractivity contribution in [1.29, 1.82) is 0 Å². The van der Waals surface area contributed by atoms with Crippen molar-refractivity contribution < 1.29 is 9.66 Å². The van der Waals surface area contributed by atoms with Gasteiger partial charge < -0.3 is 4.74 Å². The zero-order chi connectivity index (χ0) is 18.8. The first-order valence-corrected chi connectivity index (χ1v) is 8.57. The van der Waals surface area contributed by atoms with Crippen LogP contribution in [0.4, 0.5) is 5.69 Å². The fourth-order valence-corrected chi connectivity index (χ4v) is 2.82. The summed E-state index contributed by atoms with van der Waals surface area (Å²) in [6, 6.07) is 18.1. The lowest BCUT2D eigenvalue weighted by Gasteiger charge is -2.07. The number of pyridine rings is 1. The van der Waals surface area contributed by atoms with Crippen LogP contribution in [0.5, 0.6) is 5.75 Å². The summed E-state index contributed by atoms with van der Waals surface area (Å²) in [5, 5.41) is 11.6. The zero-order valence-electron chi connectivity index (χ0n) is 14.1. The van der Waals surface area contributed by atoms with Gasteiger partial charge in [0.25, 0.3) is 5.69 Å². The number of hydrogen-bond acceptors (Lipinski definition) is 4. The van der Waals surface area contributed by atoms with E-state index in [0.717, 1.165) is 22.6 Å². The van der Waals surface area contributed by atoms with E-state index in [1.165, 1.54) is 12.3 Å². The molecule has 0 saturated heterocycles. The summed E-state index contributed by atoms with van der Waals surface area (Å²) in [7, 11) is 0. The van der Waals surface area contributed by atoms with E-state index in [1.807, 2.05) is 48.5 Å². The van der Waals surface area contributed by atoms with Gasteiger partial charge in [-0.2, -0.15) is 0 Å². The molecule has 0 unspecified atom stereocenters. The number of halogens is 1. The first-order valence-electron chi connectivity index (χ1n) is 8.19. The Morgan fingerprint density at radius 1 is 1.00 bits per heavy atom. The van der Waals surface area contributed by atoms with Crippen LogP contribution in [-0.2, 0) is 6.61 Å². The second kappa shape index (κ2) is 7.09. The smallest absolute Gasteiger partial charge is 0.286 e. The minimum absolute atomic E-state index is 0.0254. The van der Waals surface area contributed by atoms with Crippen molar-refractivity contribution in [3.05, 3.63) is 93.8 Å². The molecule has 2 aromatic heterocycles. The van der Waals surface area contributed by atoms with Crippen molar-refractivity contribution in [3.8, 4) is 17.0 Å². The van der Waals surface area contributed by atoms with Gasteiger partial charge in [0.2, 0.25) is 0 Å². The van der Waals surface area contributed by atoms with Crippen LogP contribution < -0.4 is 4.74 Å². The third-order valence-corrected chi connectivity index (χ3v) is 4.37. The molecule has 0 bridgehead atoms. The van der Waals surface area contributed by atoms with E-state index in [4.69, 9.17) is 16.3 Å². The molecule has 7 heteroatoms. The molecule has 0 aliphatic rings. The SMILES string of the molecule is O=[N+]([O-])c1ccc2nc(-c3ccc(OCc4ccc(Cl)cc4)cc3)cn2c1. The van der Waals surface area contributed by atoms with E-state index < -0.39 is 4.92 Å². The maximum atomic E-state index is 10.9. The number of aromatic nitrogens is 2. The first kappa shape index (κ1) is 17.1. The Balaban J connectivity index is 1.50. The van der Waals surface area contributed by atoms with Crippen LogP contribution in [0.2, 0.25) is 5.02 Å². The minimum atomic E-state index is -0.425. The van der Waals surface area contributed by atoms with Gasteiger partial charge in [0, 0.05) is 22.8 Å². The normalized spacial score (nSPS) is 10.9. The number of rotatable bonds is 5. The van der Waals surface area contributed by atoms with Crippen molar-refractivity contribution in [2.75, 3.05) is 0 Å². The monoisotopic (exact) mass is 379 g/mol. The van der Waals surface area contributed by atoms with Gasteiger partial charge in [-0.05, 0) is 48.0 Å². The molecule has 0 radical (unpaired) electrons. The molecular weight excluding hydrogens is 366 g/mol. The minimum Gasteiger partial charge on any atom is -0.489 e. The lowest BCUT2D eigenvalue weighted by molar-refractivity contribution is -0.385. The predicted molar refractivity (Wildman–Crippen MR) is 103 cm³/mol. The summed E-state index contributed by atoms with van der Waals surface area (Å²) in [6.07, 6.45) is 3.22. The van der Waals surface area contributed by atoms with Gasteiger partial charge in [0.1, 0.15) is 18.0 Å². The third kappa shape index (κ3) is 3.75. The van der Waals surface area contributed by atoms with Gasteiger partial charge in [0.05, 0.1) is 16.8 Å². The Hall–Kier alpha value is -3.38. The molecule has 0 amide bonds. The highest BCUT2D eigenvalue weighted by atomic mass is 35.5. The maximum absolute atomic E-state index is 10.9. The van der Waals surface area contributed by atoms with Gasteiger partial charge in [-0.1, -0.05) is 23.7 Å². The predicted octanol–water partition coefficient (Wildman–Crippen LogP) is 5.14. The molecule has 2 heterocycles. The number of nitro groups is 1. The second-order valence-corrected chi connectivity index (χ2v) is 6.41. The summed E-state index contributed by atoms with van der Waals surface area (Å²) in [5.41, 5.74) is 3.35. The van der Waals surface area contributed by atoms with Crippen LogP contribution in [0.25, 0.3) is 16.9 Å². The van der Waals surface area contributed by atoms with Gasteiger partial charge in [0.15, 0.2) is 0 Å². The molecule has 0 saturated carbocycles. The van der Waals surface area contributed by atoms with Crippen LogP contribution in [0.15, 0.2) is 73.1 Å². The van der Waals surface area contributed by atoms with Crippen molar-refractivity contribution in [2.45, 2.75) is 6.61 Å². The highest BCUT2D eigenvalue weighted by molar-refractivity contribution is 6.30. The average molecular weight is 380 g/mol. The quantitative estimate of drug-likeness (QED) is 0.355. The third-order valence-electron chi connectivity index (χ3n) is 4.12. The van der Waals surface area contributed by atoms with E-state index in [9.17, 15) is 10.1 Å². The van der Waals surface area contributed by atoms with E-state index in [2.05, 4.69) is 4.98 Å². The summed E-state index contributed by atoms with van der Waals surface area (Å²) < 4.78 is 7.43. The topological polar surface area (TPSA) is 69.7 Å². The summed E-state index contributed by atoms with van der Waals surface area (Å²) in [4.78, 5) is 15.0. The largest absolute Gasteiger partial charge is 0.489 e. The Morgan fingerprint density at radius 2 is 1.74 bits per heavy atom. The molecule has 2 aromatic carbocycles. The molecular formula is C20H14ClN3O3. The van der Waals surface area contributed by atoms with E-state index in [1.54, 1.807) is 16.7 Å². The average Bonchev–Trinajstić information content (AvgIpc) is 3.11. The van der Waals surface area contributed by atoms with Gasteiger partial charge >= 0.3 is 0 Å². The van der Waals surface area contributed by atoms with Gasteiger partial charge in [-0.15, -0.1) is 0 Å². The molecule has 27 heavy (non-hydrogen) atoms. The first-order chi connectivity index (χ1) is 13.1. The lowest BCUT2D eigenvalue weighted by Crippen LogP contribution is -1.94. The van der Waals surface area contributed by atoms with Gasteiger partial charge in [-0.25, -0.2) is 4.98 Å². The summed E-state index contributed by atoms with van der Waals surface area (Å²) in [5.74, 6) is 0.744. The molecule has 0 aliphatic carbocycles. The number of hydrogen-bond donors (Lipinski definition) is 0. The van der Waals surface area contributed by atoms with E-state index in [0.29, 0.717) is 17.3 Å². The van der Waals surface area contributed by atoms with Crippen LogP contribution in [0.1, 0.15) is 5.56 Å². The molecule has 6 nitrogen and oxygen atoms in total. The summed E-state index contributed by atoms with van der Waals surface area (Å²) >= 11 is 5.88. The molecule has 0 aliphatic heterocycles. The number of imidazole rings is 1. The molecule has 4 rings (SSSR count). The maximum Gasteiger partial charge on any atom is 0.286 e. The van der Waals surface area contributed by atoms with Crippen LogP contribution in [-0.4, -0.2) is 14.3 Å². The Labute approximate surface area is 159 Å². The highest BCUT2D eigenvalue weighted by Crippen LogP contribution is 2.24. The summed E-state index contributed by atoms with van der Waals surface area (Å²) in [6.45, 7) is 0.453. The van der Waals surface area contributed by atoms with E-state index >= 15 is 0 Å². The van der Waals surface area contributed by atoms with Crippen molar-refractivity contribution in [2.24, 2.45) is 0 Å². The molecule has 0 N–H and O–H groups in total. The fraction of sp³-hybridized carbons (Fsp3) is 0.0500. The molecule has 134 valence electrons. The van der Waals surface area contributed by atoms with Crippen LogP contribution in [0.3, 0.4) is 0 Å². The molecule has 4 aromatic rings. The number of nitrogens with zero attached hydrogens (tertiary/aromatic N) is 3. The van der Waals surface area contributed by atoms with Gasteiger partial charge in [-0.3, -0.25) is 14.5 Å². The standard InChI is InChI=1S/C20H14ClN3O3/c21-16-5-1-14(2-6-16)13-27-18-8-3-15(4-9-18)19-12-23-11-17(24(25)26)7-10-20(23)22-19/h1-12H,13H2. The number of ether oxygens (including phenoxy) is 1. The Bertz CT molecular complexity index is 1110. The Morgan fingerprint density at radius 3 is 2.44 bits per heavy atom. The fourth-order valence-electron chi connectivity index (χ4n) is 2.70. The Kier molecular flexibility index (Phi) is 4.48. The van der Waals surface area contributed by atoms with Crippen molar-refractivity contribution >= 4 is 22.9 Å². The highest BCUT2D eigenvalue weighted by Gasteiger charge is 2.09. The van der Waals surface area contributed by atoms with Crippen LogP contribution in [0, 0.1) is 10.1 Å². The van der Waals surface area contributed by atoms with Crippen molar-refractivity contribution in [3.63, 3.8) is 0 Å². The second-order valence-electron chi connectivity index (χ2n) is 5.98. The molecule has 0 atom stereocenters. The zero-order valence-corrected chi connectivity index (χ0v) is 14.8. The number of benzene rings is 2. The van der Waals surface area contributed by atoms with E-state index in [-0.39, 0.29) is 5.69 Å². The molecule has 0 fully saturated rings. The van der Waals surface area contributed by atoms with Crippen molar-refractivity contribution in [1.82, 2.24) is 9.38 Å². The lowest BCUT2D eigenvalue weighted by atomic mass is 10.1. The van der Waals surface area contributed by atoms with Crippen LogP contribution >= 0.6 is 11.6 Å². The number of fused-ring (bicyclic) bond motifs is 1.